The molecule has 3 aliphatic rings. The van der Waals surface area contributed by atoms with Gasteiger partial charge in [-0.15, -0.1) is 0 Å². The zero-order chi connectivity index (χ0) is 17.2. The van der Waals surface area contributed by atoms with Gasteiger partial charge in [-0.2, -0.15) is 0 Å². The lowest BCUT2D eigenvalue weighted by molar-refractivity contribution is -0.153. The topological polar surface area (TPSA) is 38.8 Å². The van der Waals surface area contributed by atoms with Gasteiger partial charge in [0.1, 0.15) is 11.9 Å². The van der Waals surface area contributed by atoms with Crippen molar-refractivity contribution in [2.24, 2.45) is 5.92 Å². The van der Waals surface area contributed by atoms with Crippen LogP contribution in [0.3, 0.4) is 0 Å². The van der Waals surface area contributed by atoms with Crippen molar-refractivity contribution in [3.05, 3.63) is 41.5 Å². The summed E-state index contributed by atoms with van der Waals surface area (Å²) in [6.45, 7) is 1.36. The van der Waals surface area contributed by atoms with E-state index in [1.54, 1.807) is 7.11 Å². The van der Waals surface area contributed by atoms with E-state index in [9.17, 15) is 4.79 Å². The molecule has 1 amide bonds. The van der Waals surface area contributed by atoms with Crippen LogP contribution in [-0.4, -0.2) is 37.1 Å². The second kappa shape index (κ2) is 7.20. The molecule has 0 N–H and O–H groups in total. The standard InChI is InChI=1S/C21H27NO3/c1-24-17-9-10-18-16(14-17)8-11-19-20(18)25-13-12-22(19)21(23)15-6-4-2-3-5-7-15/h2-3,9-10,14-15,19-20H,4-8,11-13H2,1H3. The minimum Gasteiger partial charge on any atom is -0.497 e. The molecule has 0 saturated carbocycles. The largest absolute Gasteiger partial charge is 0.497 e. The summed E-state index contributed by atoms with van der Waals surface area (Å²) >= 11 is 0. The highest BCUT2D eigenvalue weighted by Gasteiger charge is 2.41. The van der Waals surface area contributed by atoms with Gasteiger partial charge in [-0.3, -0.25) is 4.79 Å². The summed E-state index contributed by atoms with van der Waals surface area (Å²) in [5, 5.41) is 0. The van der Waals surface area contributed by atoms with Crippen molar-refractivity contribution in [1.82, 2.24) is 4.90 Å². The Labute approximate surface area is 149 Å². The van der Waals surface area contributed by atoms with E-state index in [1.807, 2.05) is 6.07 Å². The third-order valence-electron chi connectivity index (χ3n) is 5.91. The van der Waals surface area contributed by atoms with Crippen molar-refractivity contribution in [2.45, 2.75) is 50.7 Å². The molecule has 4 heteroatoms. The van der Waals surface area contributed by atoms with E-state index in [1.165, 1.54) is 11.1 Å². The first-order valence-corrected chi connectivity index (χ1v) is 9.52. The Bertz CT molecular complexity index is 659. The van der Waals surface area contributed by atoms with Gasteiger partial charge >= 0.3 is 0 Å². The molecule has 25 heavy (non-hydrogen) atoms. The van der Waals surface area contributed by atoms with Gasteiger partial charge in [-0.25, -0.2) is 0 Å². The molecule has 2 unspecified atom stereocenters. The smallest absolute Gasteiger partial charge is 0.226 e. The van der Waals surface area contributed by atoms with E-state index in [0.29, 0.717) is 12.5 Å². The molecule has 4 nitrogen and oxygen atoms in total. The van der Waals surface area contributed by atoms with Gasteiger partial charge in [-0.05, 0) is 61.8 Å². The summed E-state index contributed by atoms with van der Waals surface area (Å²) in [7, 11) is 1.70. The third kappa shape index (κ3) is 3.20. The summed E-state index contributed by atoms with van der Waals surface area (Å²) in [6.07, 6.45) is 10.4. The first kappa shape index (κ1) is 16.6. The van der Waals surface area contributed by atoms with Crippen LogP contribution >= 0.6 is 0 Å². The number of nitrogens with zero attached hydrogens (tertiary/aromatic N) is 1. The number of ether oxygens (including phenoxy) is 2. The number of morpholine rings is 1. The Morgan fingerprint density at radius 2 is 2.00 bits per heavy atom. The van der Waals surface area contributed by atoms with E-state index in [2.05, 4.69) is 29.2 Å². The van der Waals surface area contributed by atoms with Gasteiger partial charge in [0.15, 0.2) is 0 Å². The maximum absolute atomic E-state index is 13.2. The van der Waals surface area contributed by atoms with Crippen LogP contribution in [0.1, 0.15) is 49.3 Å². The minimum atomic E-state index is 0.0104. The SMILES string of the molecule is COc1ccc2c(c1)CCC1C2OCCN1C(=O)C1CCC=CCC1. The van der Waals surface area contributed by atoms with Gasteiger partial charge in [0.05, 0.1) is 19.8 Å². The zero-order valence-electron chi connectivity index (χ0n) is 14.9. The highest BCUT2D eigenvalue weighted by molar-refractivity contribution is 5.79. The van der Waals surface area contributed by atoms with E-state index < -0.39 is 0 Å². The fourth-order valence-electron chi connectivity index (χ4n) is 4.56. The molecule has 0 radical (unpaired) electrons. The second-order valence-corrected chi connectivity index (χ2v) is 7.32. The van der Waals surface area contributed by atoms with Crippen molar-refractivity contribution in [1.29, 1.82) is 0 Å². The summed E-state index contributed by atoms with van der Waals surface area (Å²) in [5.41, 5.74) is 2.53. The van der Waals surface area contributed by atoms with Crippen molar-refractivity contribution >= 4 is 5.91 Å². The fourth-order valence-corrected chi connectivity index (χ4v) is 4.56. The van der Waals surface area contributed by atoms with Gasteiger partial charge in [0.25, 0.3) is 0 Å². The first-order valence-electron chi connectivity index (χ1n) is 9.52. The number of hydrogen-bond acceptors (Lipinski definition) is 3. The quantitative estimate of drug-likeness (QED) is 0.771. The molecule has 134 valence electrons. The van der Waals surface area contributed by atoms with Crippen LogP contribution in [0.15, 0.2) is 30.4 Å². The molecule has 1 aromatic carbocycles. The molecule has 1 fully saturated rings. The monoisotopic (exact) mass is 341 g/mol. The average Bonchev–Trinajstić information content (AvgIpc) is 2.95. The number of fused-ring (bicyclic) bond motifs is 3. The molecule has 1 saturated heterocycles. The zero-order valence-corrected chi connectivity index (χ0v) is 14.9. The Balaban J connectivity index is 1.55. The van der Waals surface area contributed by atoms with Crippen LogP contribution in [0, 0.1) is 5.92 Å². The summed E-state index contributed by atoms with van der Waals surface area (Å²) in [5.74, 6) is 1.41. The van der Waals surface area contributed by atoms with Crippen LogP contribution in [0.2, 0.25) is 0 Å². The molecule has 0 spiro atoms. The molecule has 0 bridgehead atoms. The molecule has 2 aliphatic carbocycles. The Morgan fingerprint density at radius 3 is 2.76 bits per heavy atom. The molecule has 1 aromatic rings. The highest BCUT2D eigenvalue weighted by atomic mass is 16.5. The number of aryl methyl sites for hydroxylation is 1. The normalized spacial score (nSPS) is 26.5. The number of carbonyl (C=O) groups excluding carboxylic acids is 1. The van der Waals surface area contributed by atoms with Gasteiger partial charge < -0.3 is 14.4 Å². The molecule has 2 atom stereocenters. The van der Waals surface area contributed by atoms with Crippen LogP contribution in [0.4, 0.5) is 0 Å². The highest BCUT2D eigenvalue weighted by Crippen LogP contribution is 2.40. The minimum absolute atomic E-state index is 0.0104. The van der Waals surface area contributed by atoms with Gasteiger partial charge in [0.2, 0.25) is 5.91 Å². The van der Waals surface area contributed by atoms with E-state index >= 15 is 0 Å². The maximum Gasteiger partial charge on any atom is 0.226 e. The molecular formula is C21H27NO3. The average molecular weight is 341 g/mol. The predicted molar refractivity (Wildman–Crippen MR) is 96.6 cm³/mol. The number of hydrogen-bond donors (Lipinski definition) is 0. The lowest BCUT2D eigenvalue weighted by Crippen LogP contribution is -2.53. The lowest BCUT2D eigenvalue weighted by atomic mass is 9.83. The van der Waals surface area contributed by atoms with Crippen LogP contribution in [-0.2, 0) is 16.0 Å². The van der Waals surface area contributed by atoms with Crippen molar-refractivity contribution < 1.29 is 14.3 Å². The second-order valence-electron chi connectivity index (χ2n) is 7.32. The molecule has 1 heterocycles. The van der Waals surface area contributed by atoms with Crippen molar-refractivity contribution in [3.63, 3.8) is 0 Å². The van der Waals surface area contributed by atoms with E-state index in [4.69, 9.17) is 9.47 Å². The number of carbonyl (C=O) groups is 1. The maximum atomic E-state index is 13.2. The Morgan fingerprint density at radius 1 is 1.20 bits per heavy atom. The van der Waals surface area contributed by atoms with E-state index in [0.717, 1.165) is 50.8 Å². The Hall–Kier alpha value is -1.81. The number of rotatable bonds is 2. The van der Waals surface area contributed by atoms with Crippen molar-refractivity contribution in [3.8, 4) is 5.75 Å². The predicted octanol–water partition coefficient (Wildman–Crippen LogP) is 3.66. The van der Waals surface area contributed by atoms with Crippen LogP contribution in [0.25, 0.3) is 0 Å². The van der Waals surface area contributed by atoms with E-state index in [-0.39, 0.29) is 18.1 Å². The number of benzene rings is 1. The lowest BCUT2D eigenvalue weighted by Gasteiger charge is -2.45. The van der Waals surface area contributed by atoms with Gasteiger partial charge in [-0.1, -0.05) is 18.2 Å². The van der Waals surface area contributed by atoms with Crippen LogP contribution < -0.4 is 4.74 Å². The first-order chi connectivity index (χ1) is 12.3. The molecule has 1 aliphatic heterocycles. The molecular weight excluding hydrogens is 314 g/mol. The number of allylic oxidation sites excluding steroid dienone is 2. The molecule has 0 aromatic heterocycles. The van der Waals surface area contributed by atoms with Gasteiger partial charge in [0, 0.05) is 12.5 Å². The van der Waals surface area contributed by atoms with Crippen LogP contribution in [0.5, 0.6) is 5.75 Å². The summed E-state index contributed by atoms with van der Waals surface area (Å²) < 4.78 is 11.5. The number of amides is 1. The summed E-state index contributed by atoms with van der Waals surface area (Å²) in [4.78, 5) is 15.3. The fraction of sp³-hybridized carbons (Fsp3) is 0.571. The number of methoxy groups -OCH3 is 1. The molecule has 4 rings (SSSR count). The third-order valence-corrected chi connectivity index (χ3v) is 5.91. The summed E-state index contributed by atoms with van der Waals surface area (Å²) in [6, 6.07) is 6.42. The Kier molecular flexibility index (Phi) is 4.80. The van der Waals surface area contributed by atoms with Crippen molar-refractivity contribution in [2.75, 3.05) is 20.3 Å².